The normalized spacial score (nSPS) is 14.7. The Hall–Kier alpha value is -1.74. The molecular formula is C11H16N4O4. The molecule has 0 aromatic heterocycles. The summed E-state index contributed by atoms with van der Waals surface area (Å²) >= 11 is 0. The smallest absolute Gasteiger partial charge is 0.218 e. The molecule has 8 nitrogen and oxygen atoms in total. The number of aliphatic hydroxyl groups is 3. The van der Waals surface area contributed by atoms with Crippen LogP contribution >= 0.6 is 0 Å². The van der Waals surface area contributed by atoms with Gasteiger partial charge in [-0.25, -0.2) is 9.97 Å². The number of rotatable bonds is 6. The van der Waals surface area contributed by atoms with E-state index in [0.29, 0.717) is 17.9 Å². The van der Waals surface area contributed by atoms with Crippen molar-refractivity contribution >= 4 is 0 Å². The lowest BCUT2D eigenvalue weighted by Gasteiger charge is -2.20. The van der Waals surface area contributed by atoms with Gasteiger partial charge in [0.05, 0.1) is 31.7 Å². The number of hydrogen-bond donors (Lipinski definition) is 6. The van der Waals surface area contributed by atoms with Gasteiger partial charge in [-0.1, -0.05) is 0 Å². The molecule has 104 valence electrons. The van der Waals surface area contributed by atoms with E-state index >= 15 is 0 Å². The Kier molecular flexibility index (Phi) is 4.27. The molecule has 0 bridgehead atoms. The van der Waals surface area contributed by atoms with Crippen LogP contribution in [0.3, 0.4) is 0 Å². The number of aromatic hydroxyl groups is 1. The molecule has 0 radical (unpaired) electrons. The molecular weight excluding hydrogens is 252 g/mol. The third-order valence-corrected chi connectivity index (χ3v) is 2.90. The number of H-pyrrole nitrogens is 1. The van der Waals surface area contributed by atoms with E-state index in [1.54, 1.807) is 6.20 Å². The van der Waals surface area contributed by atoms with Crippen molar-refractivity contribution in [2.45, 2.75) is 18.7 Å². The lowest BCUT2D eigenvalue weighted by atomic mass is 10.1. The maximum Gasteiger partial charge on any atom is 0.218 e. The predicted molar refractivity (Wildman–Crippen MR) is 65.5 cm³/mol. The van der Waals surface area contributed by atoms with E-state index in [4.69, 9.17) is 10.2 Å². The number of aromatic amines is 1. The molecule has 19 heavy (non-hydrogen) atoms. The molecule has 2 heterocycles. The first-order valence-electron chi connectivity index (χ1n) is 5.80. The Balaban J connectivity index is 2.07. The summed E-state index contributed by atoms with van der Waals surface area (Å²) in [6.45, 7) is -0.443. The van der Waals surface area contributed by atoms with Crippen molar-refractivity contribution in [1.82, 2.24) is 20.3 Å². The summed E-state index contributed by atoms with van der Waals surface area (Å²) in [4.78, 5) is 10.6. The van der Waals surface area contributed by atoms with E-state index in [0.717, 1.165) is 5.56 Å². The lowest BCUT2D eigenvalue weighted by Crippen LogP contribution is -2.44. The van der Waals surface area contributed by atoms with Crippen LogP contribution in [0.4, 0.5) is 0 Å². The minimum absolute atomic E-state index is 0.0645. The highest BCUT2D eigenvalue weighted by molar-refractivity contribution is 5.65. The summed E-state index contributed by atoms with van der Waals surface area (Å²) < 4.78 is 0. The number of nitrogens with one attached hydrogen (secondary N) is 2. The second kappa shape index (κ2) is 5.93. The van der Waals surface area contributed by atoms with E-state index < -0.39 is 18.8 Å². The van der Waals surface area contributed by atoms with E-state index in [-0.39, 0.29) is 12.5 Å². The summed E-state index contributed by atoms with van der Waals surface area (Å²) in [5.74, 6) is -0.0645. The molecule has 0 amide bonds. The molecule has 0 spiro atoms. The van der Waals surface area contributed by atoms with Gasteiger partial charge in [-0.3, -0.25) is 0 Å². The first-order chi connectivity index (χ1) is 9.17. The summed E-state index contributed by atoms with van der Waals surface area (Å²) in [7, 11) is 0. The Labute approximate surface area is 109 Å². The van der Waals surface area contributed by atoms with E-state index in [1.165, 1.54) is 6.33 Å². The van der Waals surface area contributed by atoms with Crippen molar-refractivity contribution in [3.63, 3.8) is 0 Å². The molecule has 0 aliphatic carbocycles. The van der Waals surface area contributed by atoms with Crippen LogP contribution in [0.5, 0.6) is 5.88 Å². The number of fused-ring (bicyclic) bond motifs is 1. The zero-order valence-electron chi connectivity index (χ0n) is 10.1. The topological polar surface area (TPSA) is 135 Å². The van der Waals surface area contributed by atoms with Gasteiger partial charge in [0.25, 0.3) is 0 Å². The van der Waals surface area contributed by atoms with Crippen molar-refractivity contribution in [2.24, 2.45) is 0 Å². The molecule has 0 aromatic carbocycles. The molecule has 0 fully saturated rings. The SMILES string of the molecule is OC[C@H](NCc1cnc2c(O)[nH]cnc1-2)[C@@H](O)CO. The van der Waals surface area contributed by atoms with Gasteiger partial charge in [-0.05, 0) is 0 Å². The minimum atomic E-state index is -1.05. The molecule has 0 saturated heterocycles. The molecule has 0 unspecified atom stereocenters. The Morgan fingerprint density at radius 1 is 1.21 bits per heavy atom. The third-order valence-electron chi connectivity index (χ3n) is 2.90. The fourth-order valence-electron chi connectivity index (χ4n) is 1.78. The molecule has 2 aliphatic heterocycles. The van der Waals surface area contributed by atoms with Crippen LogP contribution < -0.4 is 5.32 Å². The van der Waals surface area contributed by atoms with Gasteiger partial charge in [0.1, 0.15) is 11.4 Å². The highest BCUT2D eigenvalue weighted by Crippen LogP contribution is 2.28. The van der Waals surface area contributed by atoms with E-state index in [2.05, 4.69) is 20.3 Å². The fraction of sp³-hybridized carbons (Fsp3) is 0.455. The first kappa shape index (κ1) is 13.7. The maximum absolute atomic E-state index is 9.54. The number of aliphatic hydroxyl groups excluding tert-OH is 3. The number of nitrogens with zero attached hydrogens (tertiary/aromatic N) is 2. The van der Waals surface area contributed by atoms with E-state index in [9.17, 15) is 10.2 Å². The average Bonchev–Trinajstić information content (AvgIpc) is 2.84. The second-order valence-corrected chi connectivity index (χ2v) is 4.15. The second-order valence-electron chi connectivity index (χ2n) is 4.15. The minimum Gasteiger partial charge on any atom is -0.493 e. The molecule has 0 saturated carbocycles. The molecule has 8 heteroatoms. The molecule has 6 N–H and O–H groups in total. The van der Waals surface area contributed by atoms with Crippen LogP contribution in [0.15, 0.2) is 12.5 Å². The monoisotopic (exact) mass is 268 g/mol. The largest absolute Gasteiger partial charge is 0.493 e. The van der Waals surface area contributed by atoms with Crippen molar-refractivity contribution < 1.29 is 20.4 Å². The van der Waals surface area contributed by atoms with Crippen LogP contribution in [-0.4, -0.2) is 60.7 Å². The van der Waals surface area contributed by atoms with Gasteiger partial charge >= 0.3 is 0 Å². The van der Waals surface area contributed by atoms with Crippen LogP contribution in [0, 0.1) is 0 Å². The quantitative estimate of drug-likeness (QED) is 0.372. The van der Waals surface area contributed by atoms with E-state index in [1.807, 2.05) is 0 Å². The maximum atomic E-state index is 9.54. The molecule has 2 aliphatic rings. The highest BCUT2D eigenvalue weighted by atomic mass is 16.3. The van der Waals surface area contributed by atoms with Gasteiger partial charge in [-0.2, -0.15) is 0 Å². The summed E-state index contributed by atoms with van der Waals surface area (Å²) in [5.41, 5.74) is 1.63. The van der Waals surface area contributed by atoms with Crippen molar-refractivity contribution in [3.8, 4) is 17.3 Å². The van der Waals surface area contributed by atoms with Crippen molar-refractivity contribution in [2.75, 3.05) is 13.2 Å². The highest BCUT2D eigenvalue weighted by Gasteiger charge is 2.20. The predicted octanol–water partition coefficient (Wildman–Crippen LogP) is -1.58. The summed E-state index contributed by atoms with van der Waals surface area (Å²) in [6, 6.07) is -0.640. The zero-order chi connectivity index (χ0) is 13.8. The van der Waals surface area contributed by atoms with Gasteiger partial charge in [-0.15, -0.1) is 0 Å². The average molecular weight is 268 g/mol. The first-order valence-corrected chi connectivity index (χ1v) is 5.80. The lowest BCUT2D eigenvalue weighted by molar-refractivity contribution is 0.0410. The van der Waals surface area contributed by atoms with Gasteiger partial charge in [0.2, 0.25) is 5.88 Å². The van der Waals surface area contributed by atoms with Crippen LogP contribution in [0.25, 0.3) is 11.4 Å². The Morgan fingerprint density at radius 2 is 2.00 bits per heavy atom. The van der Waals surface area contributed by atoms with Crippen LogP contribution in [0.2, 0.25) is 0 Å². The van der Waals surface area contributed by atoms with Gasteiger partial charge in [0, 0.05) is 18.3 Å². The number of hydrogen-bond acceptors (Lipinski definition) is 7. The molecule has 2 atom stereocenters. The summed E-state index contributed by atoms with van der Waals surface area (Å²) in [6.07, 6.45) is 1.86. The van der Waals surface area contributed by atoms with Crippen LogP contribution in [0.1, 0.15) is 5.56 Å². The summed E-state index contributed by atoms with van der Waals surface area (Å²) in [5, 5.41) is 39.8. The Bertz CT molecular complexity index is 504. The van der Waals surface area contributed by atoms with Gasteiger partial charge < -0.3 is 30.7 Å². The number of aromatic nitrogens is 3. The zero-order valence-corrected chi connectivity index (χ0v) is 10.1. The third kappa shape index (κ3) is 2.82. The molecule has 2 rings (SSSR count). The van der Waals surface area contributed by atoms with Gasteiger partial charge in [0.15, 0.2) is 0 Å². The fourth-order valence-corrected chi connectivity index (χ4v) is 1.78. The van der Waals surface area contributed by atoms with Crippen LogP contribution in [-0.2, 0) is 6.54 Å². The standard InChI is InChI=1S/C11H16N4O4/c16-3-7(8(18)4-17)12-1-6-2-13-10-9(6)14-5-15-11(10)19/h2,5,7-8,12,16-19H,1,3-4H2,(H,14,15)/t7-,8-/m0/s1. The van der Waals surface area contributed by atoms with Crippen molar-refractivity contribution in [1.29, 1.82) is 0 Å². The molecule has 0 aromatic rings. The van der Waals surface area contributed by atoms with Crippen molar-refractivity contribution in [3.05, 3.63) is 18.1 Å². The Morgan fingerprint density at radius 3 is 2.68 bits per heavy atom.